The van der Waals surface area contributed by atoms with Crippen molar-refractivity contribution in [2.75, 3.05) is 4.72 Å². The van der Waals surface area contributed by atoms with Gasteiger partial charge in [-0.25, -0.2) is 13.4 Å². The molecule has 0 fully saturated rings. The van der Waals surface area contributed by atoms with Crippen LogP contribution in [0, 0.1) is 6.92 Å². The number of pyridine rings is 1. The van der Waals surface area contributed by atoms with Crippen LogP contribution in [0.2, 0.25) is 0 Å². The Morgan fingerprint density at radius 1 is 1.08 bits per heavy atom. The van der Waals surface area contributed by atoms with Gasteiger partial charge in [0.05, 0.1) is 11.1 Å². The summed E-state index contributed by atoms with van der Waals surface area (Å²) in [6, 6.07) is 12.1. The molecule has 2 aromatic heterocycles. The van der Waals surface area contributed by atoms with Crippen molar-refractivity contribution >= 4 is 15.8 Å². The number of anilines is 1. The highest BCUT2D eigenvalue weighted by Gasteiger charge is 2.17. The first-order chi connectivity index (χ1) is 11.5. The molecule has 6 nitrogen and oxygen atoms in total. The Balaban J connectivity index is 1.92. The molecule has 0 saturated carbocycles. The fourth-order valence-electron chi connectivity index (χ4n) is 2.30. The summed E-state index contributed by atoms with van der Waals surface area (Å²) in [5.41, 5.74) is 2.10. The maximum Gasteiger partial charge on any atom is 0.263 e. The molecule has 0 spiro atoms. The van der Waals surface area contributed by atoms with Gasteiger partial charge < -0.3 is 0 Å². The summed E-state index contributed by atoms with van der Waals surface area (Å²) in [5, 5.41) is 4.16. The lowest BCUT2D eigenvalue weighted by atomic mass is 10.2. The number of aryl methyl sites for hydroxylation is 2. The molecule has 0 unspecified atom stereocenters. The van der Waals surface area contributed by atoms with Crippen LogP contribution in [0.5, 0.6) is 0 Å². The van der Waals surface area contributed by atoms with Crippen LogP contribution in [0.15, 0.2) is 59.8 Å². The molecule has 0 radical (unpaired) electrons. The van der Waals surface area contributed by atoms with E-state index in [4.69, 9.17) is 0 Å². The highest BCUT2D eigenvalue weighted by molar-refractivity contribution is 7.92. The van der Waals surface area contributed by atoms with Gasteiger partial charge in [0.2, 0.25) is 0 Å². The lowest BCUT2D eigenvalue weighted by Gasteiger charge is -2.10. The highest BCUT2D eigenvalue weighted by atomic mass is 32.2. The molecule has 2 heterocycles. The second-order valence-electron chi connectivity index (χ2n) is 5.42. The standard InChI is InChI=1S/C17H18N4O2S/c1-3-14-4-6-15(7-5-14)24(22,23)20-16-9-11-19-21(16)17-12-13(2)8-10-18-17/h4-12,20H,3H2,1-2H3. The maximum absolute atomic E-state index is 12.6. The number of nitrogens with zero attached hydrogens (tertiary/aromatic N) is 3. The number of hydrogen-bond acceptors (Lipinski definition) is 4. The van der Waals surface area contributed by atoms with Crippen LogP contribution >= 0.6 is 0 Å². The SMILES string of the molecule is CCc1ccc(S(=O)(=O)Nc2ccnn2-c2cc(C)ccn2)cc1. The first-order valence-corrected chi connectivity index (χ1v) is 9.07. The molecule has 1 N–H and O–H groups in total. The number of hydrogen-bond donors (Lipinski definition) is 1. The summed E-state index contributed by atoms with van der Waals surface area (Å²) >= 11 is 0. The molecule has 0 saturated heterocycles. The van der Waals surface area contributed by atoms with E-state index in [1.807, 2.05) is 38.1 Å². The van der Waals surface area contributed by atoms with Gasteiger partial charge in [-0.05, 0) is 48.7 Å². The van der Waals surface area contributed by atoms with Crippen LogP contribution in [0.25, 0.3) is 5.82 Å². The second kappa shape index (κ2) is 6.45. The fraction of sp³-hybridized carbons (Fsp3) is 0.176. The third-order valence-corrected chi connectivity index (χ3v) is 5.01. The van der Waals surface area contributed by atoms with Crippen molar-refractivity contribution in [3.8, 4) is 5.82 Å². The second-order valence-corrected chi connectivity index (χ2v) is 7.11. The first kappa shape index (κ1) is 16.2. The van der Waals surface area contributed by atoms with Gasteiger partial charge in [0.1, 0.15) is 5.82 Å². The fourth-order valence-corrected chi connectivity index (χ4v) is 3.34. The molecule has 0 aliphatic rings. The molecule has 7 heteroatoms. The molecule has 0 amide bonds. The minimum Gasteiger partial charge on any atom is -0.263 e. The van der Waals surface area contributed by atoms with Gasteiger partial charge in [-0.2, -0.15) is 9.78 Å². The molecule has 0 aliphatic heterocycles. The summed E-state index contributed by atoms with van der Waals surface area (Å²) in [4.78, 5) is 4.45. The molecule has 0 aliphatic carbocycles. The van der Waals surface area contributed by atoms with Crippen molar-refractivity contribution in [2.24, 2.45) is 0 Å². The van der Waals surface area contributed by atoms with Crippen LogP contribution in [0.3, 0.4) is 0 Å². The van der Waals surface area contributed by atoms with Gasteiger partial charge in [0.25, 0.3) is 10.0 Å². The largest absolute Gasteiger partial charge is 0.263 e. The van der Waals surface area contributed by atoms with Crippen molar-refractivity contribution in [3.63, 3.8) is 0 Å². The Labute approximate surface area is 141 Å². The summed E-state index contributed by atoms with van der Waals surface area (Å²) in [6.45, 7) is 3.96. The Hall–Kier alpha value is -2.67. The molecular formula is C17H18N4O2S. The third-order valence-electron chi connectivity index (χ3n) is 3.64. The minimum absolute atomic E-state index is 0.213. The Bertz CT molecular complexity index is 947. The highest BCUT2D eigenvalue weighted by Crippen LogP contribution is 2.19. The zero-order valence-electron chi connectivity index (χ0n) is 13.5. The van der Waals surface area contributed by atoms with Gasteiger partial charge in [0, 0.05) is 12.3 Å². The predicted octanol–water partition coefficient (Wildman–Crippen LogP) is 2.94. The lowest BCUT2D eigenvalue weighted by molar-refractivity contribution is 0.600. The molecule has 0 atom stereocenters. The van der Waals surface area contributed by atoms with E-state index < -0.39 is 10.0 Å². The Morgan fingerprint density at radius 2 is 1.83 bits per heavy atom. The summed E-state index contributed by atoms with van der Waals surface area (Å²) in [7, 11) is -3.69. The number of rotatable bonds is 5. The van der Waals surface area contributed by atoms with Crippen LogP contribution in [-0.4, -0.2) is 23.2 Å². The van der Waals surface area contributed by atoms with Gasteiger partial charge >= 0.3 is 0 Å². The zero-order chi connectivity index (χ0) is 17.2. The third kappa shape index (κ3) is 3.30. The van der Waals surface area contributed by atoms with Crippen molar-refractivity contribution in [1.29, 1.82) is 0 Å². The van der Waals surface area contributed by atoms with Crippen molar-refractivity contribution < 1.29 is 8.42 Å². The van der Waals surface area contributed by atoms with Gasteiger partial charge in [-0.15, -0.1) is 0 Å². The van der Waals surface area contributed by atoms with Crippen LogP contribution < -0.4 is 4.72 Å². The van der Waals surface area contributed by atoms with E-state index in [-0.39, 0.29) is 4.90 Å². The van der Waals surface area contributed by atoms with Crippen LogP contribution in [-0.2, 0) is 16.4 Å². The van der Waals surface area contributed by atoms with E-state index >= 15 is 0 Å². The van der Waals surface area contributed by atoms with Gasteiger partial charge in [0.15, 0.2) is 5.82 Å². The topological polar surface area (TPSA) is 76.9 Å². The van der Waals surface area contributed by atoms with Crippen LogP contribution in [0.4, 0.5) is 5.82 Å². The molecule has 0 bridgehead atoms. The van der Waals surface area contributed by atoms with E-state index in [9.17, 15) is 8.42 Å². The van der Waals surface area contributed by atoms with E-state index in [0.717, 1.165) is 17.5 Å². The molecule has 3 rings (SSSR count). The van der Waals surface area contributed by atoms with E-state index in [1.54, 1.807) is 24.4 Å². The first-order valence-electron chi connectivity index (χ1n) is 7.58. The van der Waals surface area contributed by atoms with Crippen molar-refractivity contribution in [2.45, 2.75) is 25.2 Å². The Kier molecular flexibility index (Phi) is 4.35. The molecular weight excluding hydrogens is 324 g/mol. The minimum atomic E-state index is -3.69. The van der Waals surface area contributed by atoms with E-state index in [2.05, 4.69) is 14.8 Å². The number of sulfonamides is 1. The number of benzene rings is 1. The zero-order valence-corrected chi connectivity index (χ0v) is 14.3. The maximum atomic E-state index is 12.6. The summed E-state index contributed by atoms with van der Waals surface area (Å²) in [5.74, 6) is 0.895. The van der Waals surface area contributed by atoms with Crippen molar-refractivity contribution in [1.82, 2.24) is 14.8 Å². The van der Waals surface area contributed by atoms with Gasteiger partial charge in [-0.3, -0.25) is 4.72 Å². The average Bonchev–Trinajstić information content (AvgIpc) is 3.02. The number of nitrogens with one attached hydrogen (secondary N) is 1. The quantitative estimate of drug-likeness (QED) is 0.773. The average molecular weight is 342 g/mol. The van der Waals surface area contributed by atoms with Crippen molar-refractivity contribution in [3.05, 3.63) is 66.0 Å². The molecule has 124 valence electrons. The molecule has 1 aromatic carbocycles. The van der Waals surface area contributed by atoms with Gasteiger partial charge in [-0.1, -0.05) is 19.1 Å². The lowest BCUT2D eigenvalue weighted by Crippen LogP contribution is -2.16. The molecule has 3 aromatic rings. The van der Waals surface area contributed by atoms with E-state index in [1.165, 1.54) is 10.9 Å². The number of aromatic nitrogens is 3. The van der Waals surface area contributed by atoms with Crippen LogP contribution in [0.1, 0.15) is 18.1 Å². The summed E-state index contributed by atoms with van der Waals surface area (Å²) < 4.78 is 29.2. The smallest absolute Gasteiger partial charge is 0.263 e. The normalized spacial score (nSPS) is 11.4. The monoisotopic (exact) mass is 342 g/mol. The van der Waals surface area contributed by atoms with E-state index in [0.29, 0.717) is 11.6 Å². The predicted molar refractivity (Wildman–Crippen MR) is 92.7 cm³/mol. The Morgan fingerprint density at radius 3 is 2.50 bits per heavy atom. The molecule has 24 heavy (non-hydrogen) atoms. The summed E-state index contributed by atoms with van der Waals surface area (Å²) in [6.07, 6.45) is 4.05.